The van der Waals surface area contributed by atoms with Gasteiger partial charge in [-0.1, -0.05) is 12.1 Å². The number of hydrogen-bond donors (Lipinski definition) is 2. The molecule has 0 unspecified atom stereocenters. The molecule has 4 rings (SSSR count). The highest BCUT2D eigenvalue weighted by Crippen LogP contribution is 2.42. The molecule has 27 heavy (non-hydrogen) atoms. The van der Waals surface area contributed by atoms with Gasteiger partial charge >= 0.3 is 6.03 Å². The fraction of sp³-hybridized carbons (Fsp3) is 0.524. The summed E-state index contributed by atoms with van der Waals surface area (Å²) in [6, 6.07) is 7.89. The summed E-state index contributed by atoms with van der Waals surface area (Å²) in [5.41, 5.74) is 4.48. The molecule has 0 saturated heterocycles. The first-order valence-corrected chi connectivity index (χ1v) is 9.85. The summed E-state index contributed by atoms with van der Waals surface area (Å²) in [5, 5.41) is 10.9. The maximum absolute atomic E-state index is 12.7. The molecule has 144 valence electrons. The molecule has 2 aliphatic rings. The van der Waals surface area contributed by atoms with Crippen molar-refractivity contribution < 1.29 is 9.53 Å². The molecule has 1 heterocycles. The summed E-state index contributed by atoms with van der Waals surface area (Å²) in [4.78, 5) is 12.7. The molecule has 6 nitrogen and oxygen atoms in total. The van der Waals surface area contributed by atoms with Crippen LogP contribution >= 0.6 is 0 Å². The number of nitrogens with zero attached hydrogens (tertiary/aromatic N) is 2. The van der Waals surface area contributed by atoms with Crippen LogP contribution in [0.25, 0.3) is 0 Å². The fourth-order valence-corrected chi connectivity index (χ4v) is 4.33. The molecule has 1 aromatic heterocycles. The molecule has 6 heteroatoms. The first-order valence-electron chi connectivity index (χ1n) is 9.85. The van der Waals surface area contributed by atoms with E-state index < -0.39 is 0 Å². The van der Waals surface area contributed by atoms with E-state index in [4.69, 9.17) is 4.74 Å². The van der Waals surface area contributed by atoms with Gasteiger partial charge in [-0.15, -0.1) is 0 Å². The zero-order valence-electron chi connectivity index (χ0n) is 16.2. The number of benzene rings is 1. The first kappa shape index (κ1) is 17.9. The maximum Gasteiger partial charge on any atom is 0.315 e. The van der Waals surface area contributed by atoms with E-state index in [0.29, 0.717) is 6.54 Å². The van der Waals surface area contributed by atoms with Crippen LogP contribution in [-0.4, -0.2) is 22.9 Å². The van der Waals surface area contributed by atoms with Crippen molar-refractivity contribution in [3.63, 3.8) is 0 Å². The number of methoxy groups -OCH3 is 1. The predicted molar refractivity (Wildman–Crippen MR) is 104 cm³/mol. The quantitative estimate of drug-likeness (QED) is 0.852. The minimum atomic E-state index is -0.287. The van der Waals surface area contributed by atoms with E-state index >= 15 is 0 Å². The van der Waals surface area contributed by atoms with Crippen molar-refractivity contribution in [2.75, 3.05) is 7.11 Å². The summed E-state index contributed by atoms with van der Waals surface area (Å²) in [7, 11) is 3.64. The number of ether oxygens (including phenoxy) is 1. The number of urea groups is 1. The molecule has 2 N–H and O–H groups in total. The molecule has 0 bridgehead atoms. The van der Waals surface area contributed by atoms with Gasteiger partial charge in [0.25, 0.3) is 0 Å². The lowest BCUT2D eigenvalue weighted by Crippen LogP contribution is -2.53. The van der Waals surface area contributed by atoms with Crippen LogP contribution in [0, 0.1) is 0 Å². The van der Waals surface area contributed by atoms with Crippen LogP contribution < -0.4 is 15.4 Å². The third-order valence-corrected chi connectivity index (χ3v) is 6.05. The smallest absolute Gasteiger partial charge is 0.315 e. The second-order valence-electron chi connectivity index (χ2n) is 7.68. The maximum atomic E-state index is 12.7. The lowest BCUT2D eigenvalue weighted by Gasteiger charge is -2.43. The van der Waals surface area contributed by atoms with Crippen LogP contribution in [-0.2, 0) is 32.0 Å². The molecule has 2 aromatic rings. The molecule has 1 saturated carbocycles. The number of amides is 2. The second kappa shape index (κ2) is 7.25. The molecule has 1 aromatic carbocycles. The Hall–Kier alpha value is -2.50. The zero-order chi connectivity index (χ0) is 18.9. The SMILES string of the molecule is COc1cccc(C2(NC(=O)NCc3c4c(nn3C)CCCC4)CCC2)c1. The van der Waals surface area contributed by atoms with Crippen LogP contribution in [0.5, 0.6) is 5.75 Å². The summed E-state index contributed by atoms with van der Waals surface area (Å²) in [5.74, 6) is 0.822. The van der Waals surface area contributed by atoms with Gasteiger partial charge in [0.15, 0.2) is 0 Å². The van der Waals surface area contributed by atoms with Crippen molar-refractivity contribution in [2.24, 2.45) is 7.05 Å². The van der Waals surface area contributed by atoms with Gasteiger partial charge in [-0.05, 0) is 68.2 Å². The lowest BCUT2D eigenvalue weighted by atomic mass is 9.72. The Morgan fingerprint density at radius 2 is 2.07 bits per heavy atom. The molecule has 1 fully saturated rings. The lowest BCUT2D eigenvalue weighted by molar-refractivity contribution is 0.176. The molecule has 0 atom stereocenters. The first-order chi connectivity index (χ1) is 13.1. The van der Waals surface area contributed by atoms with Crippen LogP contribution in [0.3, 0.4) is 0 Å². The molecule has 0 radical (unpaired) electrons. The predicted octanol–water partition coefficient (Wildman–Crippen LogP) is 3.19. The van der Waals surface area contributed by atoms with Gasteiger partial charge < -0.3 is 15.4 Å². The number of rotatable bonds is 5. The van der Waals surface area contributed by atoms with Crippen LogP contribution in [0.4, 0.5) is 4.79 Å². The van der Waals surface area contributed by atoms with E-state index in [1.807, 2.05) is 29.9 Å². The third-order valence-electron chi connectivity index (χ3n) is 6.05. The summed E-state index contributed by atoms with van der Waals surface area (Å²) >= 11 is 0. The van der Waals surface area contributed by atoms with Gasteiger partial charge in [0.2, 0.25) is 0 Å². The normalized spacial score (nSPS) is 17.6. The number of carbonyl (C=O) groups excluding carboxylic acids is 1. The van der Waals surface area contributed by atoms with E-state index in [1.54, 1.807) is 7.11 Å². The van der Waals surface area contributed by atoms with Gasteiger partial charge in [0, 0.05) is 7.05 Å². The number of nitrogens with one attached hydrogen (secondary N) is 2. The standard InChI is InChI=1S/C21H28N4O2/c1-25-19(17-9-3-4-10-18(17)24-25)14-22-20(26)23-21(11-6-12-21)15-7-5-8-16(13-15)27-2/h5,7-8,13H,3-4,6,9-12,14H2,1-2H3,(H2,22,23,26). The molecule has 2 aliphatic carbocycles. The second-order valence-corrected chi connectivity index (χ2v) is 7.68. The molecular weight excluding hydrogens is 340 g/mol. The van der Waals surface area contributed by atoms with Crippen molar-refractivity contribution in [2.45, 2.75) is 57.0 Å². The highest BCUT2D eigenvalue weighted by molar-refractivity contribution is 5.75. The fourth-order valence-electron chi connectivity index (χ4n) is 4.33. The van der Waals surface area contributed by atoms with Gasteiger partial charge in [0.05, 0.1) is 30.6 Å². The van der Waals surface area contributed by atoms with Crippen molar-refractivity contribution in [1.29, 1.82) is 0 Å². The molecule has 0 aliphatic heterocycles. The van der Waals surface area contributed by atoms with E-state index in [1.165, 1.54) is 24.1 Å². The van der Waals surface area contributed by atoms with Gasteiger partial charge in [-0.25, -0.2) is 4.79 Å². The topological polar surface area (TPSA) is 68.2 Å². The molecule has 0 spiro atoms. The Morgan fingerprint density at radius 3 is 2.81 bits per heavy atom. The Kier molecular flexibility index (Phi) is 4.81. The summed E-state index contributed by atoms with van der Waals surface area (Å²) < 4.78 is 7.28. The average Bonchev–Trinajstić information content (AvgIpc) is 2.98. The van der Waals surface area contributed by atoms with Crippen molar-refractivity contribution in [3.05, 3.63) is 46.8 Å². The number of hydrogen-bond acceptors (Lipinski definition) is 3. The number of fused-ring (bicyclic) bond motifs is 1. The Morgan fingerprint density at radius 1 is 1.26 bits per heavy atom. The van der Waals surface area contributed by atoms with Crippen molar-refractivity contribution in [3.8, 4) is 5.75 Å². The minimum Gasteiger partial charge on any atom is -0.497 e. The highest BCUT2D eigenvalue weighted by Gasteiger charge is 2.40. The molecule has 2 amide bonds. The van der Waals surface area contributed by atoms with Crippen molar-refractivity contribution >= 4 is 6.03 Å². The van der Waals surface area contributed by atoms with Crippen LogP contribution in [0.1, 0.15) is 54.6 Å². The van der Waals surface area contributed by atoms with E-state index in [-0.39, 0.29) is 11.6 Å². The van der Waals surface area contributed by atoms with Crippen LogP contribution in [0.2, 0.25) is 0 Å². The van der Waals surface area contributed by atoms with Crippen molar-refractivity contribution in [1.82, 2.24) is 20.4 Å². The molecular formula is C21H28N4O2. The monoisotopic (exact) mass is 368 g/mol. The summed E-state index contributed by atoms with van der Waals surface area (Å²) in [6.45, 7) is 0.513. The largest absolute Gasteiger partial charge is 0.497 e. The van der Waals surface area contributed by atoms with Gasteiger partial charge in [-0.2, -0.15) is 5.10 Å². The minimum absolute atomic E-state index is 0.122. The van der Waals surface area contributed by atoms with E-state index in [9.17, 15) is 4.79 Å². The average molecular weight is 368 g/mol. The zero-order valence-corrected chi connectivity index (χ0v) is 16.2. The van der Waals surface area contributed by atoms with Gasteiger partial charge in [-0.3, -0.25) is 4.68 Å². The highest BCUT2D eigenvalue weighted by atomic mass is 16.5. The number of carbonyl (C=O) groups is 1. The van der Waals surface area contributed by atoms with Gasteiger partial charge in [0.1, 0.15) is 5.75 Å². The third kappa shape index (κ3) is 3.40. The Balaban J connectivity index is 1.44. The van der Waals surface area contributed by atoms with Crippen LogP contribution in [0.15, 0.2) is 24.3 Å². The Labute approximate surface area is 160 Å². The number of aromatic nitrogens is 2. The van der Waals surface area contributed by atoms with E-state index in [2.05, 4.69) is 21.8 Å². The Bertz CT molecular complexity index is 839. The van der Waals surface area contributed by atoms with E-state index in [0.717, 1.165) is 49.1 Å². The summed E-state index contributed by atoms with van der Waals surface area (Å²) in [6.07, 6.45) is 7.55. The number of aryl methyl sites for hydroxylation is 2.